The number of ether oxygens (including phenoxy) is 1. The maximum atomic E-state index is 5.77. The monoisotopic (exact) mass is 281 g/mol. The lowest BCUT2D eigenvalue weighted by atomic mass is 10.2. The first kappa shape index (κ1) is 11.2. The Kier molecular flexibility index (Phi) is 3.64. The predicted molar refractivity (Wildman–Crippen MR) is 65.8 cm³/mol. The van der Waals surface area contributed by atoms with Gasteiger partial charge in [-0.15, -0.1) is 0 Å². The first-order chi connectivity index (χ1) is 7.75. The zero-order valence-electron chi connectivity index (χ0n) is 8.65. The number of anilines is 1. The van der Waals surface area contributed by atoms with Gasteiger partial charge in [0.2, 0.25) is 0 Å². The van der Waals surface area contributed by atoms with Gasteiger partial charge in [0.15, 0.2) is 0 Å². The van der Waals surface area contributed by atoms with Crippen molar-refractivity contribution < 1.29 is 9.15 Å². The highest BCUT2D eigenvalue weighted by Gasteiger charge is 2.00. The van der Waals surface area contributed by atoms with Crippen molar-refractivity contribution in [3.63, 3.8) is 0 Å². The van der Waals surface area contributed by atoms with Crippen molar-refractivity contribution in [2.24, 2.45) is 0 Å². The van der Waals surface area contributed by atoms with E-state index in [-0.39, 0.29) is 0 Å². The molecule has 0 saturated carbocycles. The van der Waals surface area contributed by atoms with Gasteiger partial charge in [0.1, 0.15) is 12.4 Å². The Morgan fingerprint density at radius 1 is 1.25 bits per heavy atom. The summed E-state index contributed by atoms with van der Waals surface area (Å²) in [5, 5.41) is 0. The van der Waals surface area contributed by atoms with E-state index in [2.05, 4.69) is 15.9 Å². The SMILES string of the molecule is Nc1cc(COCc2ccco2)ccc1Br. The summed E-state index contributed by atoms with van der Waals surface area (Å²) in [5.74, 6) is 0.824. The molecule has 0 bridgehead atoms. The lowest BCUT2D eigenvalue weighted by Crippen LogP contribution is -1.95. The summed E-state index contributed by atoms with van der Waals surface area (Å²) in [6.07, 6.45) is 1.64. The summed E-state index contributed by atoms with van der Waals surface area (Å²) < 4.78 is 11.6. The molecule has 84 valence electrons. The second-order valence-electron chi connectivity index (χ2n) is 3.43. The van der Waals surface area contributed by atoms with Crippen LogP contribution in [0.5, 0.6) is 0 Å². The van der Waals surface area contributed by atoms with Crippen LogP contribution in [0.15, 0.2) is 45.5 Å². The highest BCUT2D eigenvalue weighted by molar-refractivity contribution is 9.10. The molecule has 2 rings (SSSR count). The number of nitrogens with two attached hydrogens (primary N) is 1. The molecular weight excluding hydrogens is 270 g/mol. The molecule has 0 spiro atoms. The Labute approximate surface area is 102 Å². The van der Waals surface area contributed by atoms with Crippen molar-refractivity contribution in [3.05, 3.63) is 52.4 Å². The van der Waals surface area contributed by atoms with Crippen LogP contribution < -0.4 is 5.73 Å². The van der Waals surface area contributed by atoms with Crippen LogP contribution in [0.2, 0.25) is 0 Å². The fraction of sp³-hybridized carbons (Fsp3) is 0.167. The largest absolute Gasteiger partial charge is 0.467 e. The van der Waals surface area contributed by atoms with E-state index >= 15 is 0 Å². The number of hydrogen-bond acceptors (Lipinski definition) is 3. The average Bonchev–Trinajstić information content (AvgIpc) is 2.76. The molecule has 0 aliphatic heterocycles. The van der Waals surface area contributed by atoms with E-state index < -0.39 is 0 Å². The Hall–Kier alpha value is -1.26. The van der Waals surface area contributed by atoms with Crippen molar-refractivity contribution in [2.75, 3.05) is 5.73 Å². The van der Waals surface area contributed by atoms with Gasteiger partial charge in [0, 0.05) is 10.2 Å². The second kappa shape index (κ2) is 5.18. The summed E-state index contributed by atoms with van der Waals surface area (Å²) in [7, 11) is 0. The number of hydrogen-bond donors (Lipinski definition) is 1. The molecule has 0 fully saturated rings. The van der Waals surface area contributed by atoms with Crippen LogP contribution in [0.3, 0.4) is 0 Å². The van der Waals surface area contributed by atoms with Crippen molar-refractivity contribution in [2.45, 2.75) is 13.2 Å². The maximum absolute atomic E-state index is 5.77. The van der Waals surface area contributed by atoms with Crippen molar-refractivity contribution >= 4 is 21.6 Å². The smallest absolute Gasteiger partial charge is 0.129 e. The third-order valence-corrected chi connectivity index (χ3v) is 2.88. The minimum Gasteiger partial charge on any atom is -0.467 e. The molecule has 1 aromatic heterocycles. The fourth-order valence-corrected chi connectivity index (χ4v) is 1.59. The zero-order chi connectivity index (χ0) is 11.4. The highest BCUT2D eigenvalue weighted by atomic mass is 79.9. The van der Waals surface area contributed by atoms with E-state index in [0.29, 0.717) is 13.2 Å². The van der Waals surface area contributed by atoms with Gasteiger partial charge < -0.3 is 14.9 Å². The average molecular weight is 282 g/mol. The highest BCUT2D eigenvalue weighted by Crippen LogP contribution is 2.20. The summed E-state index contributed by atoms with van der Waals surface area (Å²) >= 11 is 3.35. The third kappa shape index (κ3) is 2.87. The maximum Gasteiger partial charge on any atom is 0.129 e. The zero-order valence-corrected chi connectivity index (χ0v) is 10.2. The molecular formula is C12H12BrNO2. The summed E-state index contributed by atoms with van der Waals surface area (Å²) in [4.78, 5) is 0. The van der Waals surface area contributed by atoms with E-state index in [1.807, 2.05) is 30.3 Å². The fourth-order valence-electron chi connectivity index (χ4n) is 1.35. The van der Waals surface area contributed by atoms with Crippen LogP contribution in [0, 0.1) is 0 Å². The van der Waals surface area contributed by atoms with E-state index in [9.17, 15) is 0 Å². The molecule has 4 heteroatoms. The molecule has 0 atom stereocenters. The number of halogens is 1. The van der Waals surface area contributed by atoms with Crippen LogP contribution in [-0.2, 0) is 18.0 Å². The molecule has 16 heavy (non-hydrogen) atoms. The second-order valence-corrected chi connectivity index (χ2v) is 4.28. The van der Waals surface area contributed by atoms with Crippen LogP contribution in [-0.4, -0.2) is 0 Å². The van der Waals surface area contributed by atoms with E-state index in [1.165, 1.54) is 0 Å². The van der Waals surface area contributed by atoms with Crippen molar-refractivity contribution in [1.29, 1.82) is 0 Å². The van der Waals surface area contributed by atoms with Gasteiger partial charge in [-0.3, -0.25) is 0 Å². The number of furan rings is 1. The molecule has 2 aromatic rings. The molecule has 0 saturated heterocycles. The Balaban J connectivity index is 1.87. The molecule has 2 N–H and O–H groups in total. The van der Waals surface area contributed by atoms with Gasteiger partial charge in [-0.05, 0) is 45.8 Å². The van der Waals surface area contributed by atoms with Gasteiger partial charge in [0.05, 0.1) is 12.9 Å². The van der Waals surface area contributed by atoms with Crippen molar-refractivity contribution in [1.82, 2.24) is 0 Å². The molecule has 0 unspecified atom stereocenters. The van der Waals surface area contributed by atoms with Crippen LogP contribution >= 0.6 is 15.9 Å². The standard InChI is InChI=1S/C12H12BrNO2/c13-11-4-3-9(6-12(11)14)7-15-8-10-2-1-5-16-10/h1-6H,7-8,14H2. The normalized spacial score (nSPS) is 10.6. The molecule has 1 aromatic carbocycles. The van der Waals surface area contributed by atoms with Gasteiger partial charge >= 0.3 is 0 Å². The van der Waals surface area contributed by atoms with Gasteiger partial charge in [0.25, 0.3) is 0 Å². The minimum atomic E-state index is 0.475. The number of benzene rings is 1. The lowest BCUT2D eigenvalue weighted by molar-refractivity contribution is 0.0930. The van der Waals surface area contributed by atoms with Gasteiger partial charge in [-0.1, -0.05) is 6.07 Å². The van der Waals surface area contributed by atoms with E-state index in [4.69, 9.17) is 14.9 Å². The van der Waals surface area contributed by atoms with Crippen LogP contribution in [0.25, 0.3) is 0 Å². The summed E-state index contributed by atoms with van der Waals surface area (Å²) in [5.41, 5.74) is 7.54. The number of nitrogen functional groups attached to an aromatic ring is 1. The summed E-state index contributed by atoms with van der Waals surface area (Å²) in [6, 6.07) is 9.52. The lowest BCUT2D eigenvalue weighted by Gasteiger charge is -2.04. The van der Waals surface area contributed by atoms with Crippen LogP contribution in [0.4, 0.5) is 5.69 Å². The molecule has 0 radical (unpaired) electrons. The Bertz CT molecular complexity index is 454. The summed E-state index contributed by atoms with van der Waals surface area (Å²) in [6.45, 7) is 1.00. The predicted octanol–water partition coefficient (Wildman–Crippen LogP) is 3.34. The van der Waals surface area contributed by atoms with Gasteiger partial charge in [-0.2, -0.15) is 0 Å². The topological polar surface area (TPSA) is 48.4 Å². The van der Waals surface area contributed by atoms with Gasteiger partial charge in [-0.25, -0.2) is 0 Å². The number of rotatable bonds is 4. The van der Waals surface area contributed by atoms with E-state index in [1.54, 1.807) is 6.26 Å². The molecule has 0 aliphatic rings. The first-order valence-corrected chi connectivity index (χ1v) is 5.69. The van der Waals surface area contributed by atoms with E-state index in [0.717, 1.165) is 21.5 Å². The quantitative estimate of drug-likeness (QED) is 0.875. The van der Waals surface area contributed by atoms with Crippen LogP contribution in [0.1, 0.15) is 11.3 Å². The minimum absolute atomic E-state index is 0.475. The molecule has 0 amide bonds. The van der Waals surface area contributed by atoms with Crippen molar-refractivity contribution in [3.8, 4) is 0 Å². The molecule has 3 nitrogen and oxygen atoms in total. The molecule has 1 heterocycles. The Morgan fingerprint density at radius 3 is 2.81 bits per heavy atom. The first-order valence-electron chi connectivity index (χ1n) is 4.90. The third-order valence-electron chi connectivity index (χ3n) is 2.15. The Morgan fingerprint density at radius 2 is 2.12 bits per heavy atom. The molecule has 0 aliphatic carbocycles.